The highest BCUT2D eigenvalue weighted by atomic mass is 127. The lowest BCUT2D eigenvalue weighted by atomic mass is 10.1. The van der Waals surface area contributed by atoms with Gasteiger partial charge in [-0.15, -0.1) is 0 Å². The van der Waals surface area contributed by atoms with Gasteiger partial charge in [0.2, 0.25) is 0 Å². The summed E-state index contributed by atoms with van der Waals surface area (Å²) in [5.41, 5.74) is -0.591. The van der Waals surface area contributed by atoms with Gasteiger partial charge >= 0.3 is 0 Å². The minimum atomic E-state index is -2.75. The van der Waals surface area contributed by atoms with Gasteiger partial charge in [0, 0.05) is 6.20 Å². The molecule has 0 saturated carbocycles. The highest BCUT2D eigenvalue weighted by molar-refractivity contribution is 14.1. The Morgan fingerprint density at radius 3 is 2.62 bits per heavy atom. The SMILES string of the molecule is N#Cc1c(I)ncc(Cl)c1C(F)F. The van der Waals surface area contributed by atoms with E-state index in [2.05, 4.69) is 4.98 Å². The molecule has 1 heterocycles. The van der Waals surface area contributed by atoms with E-state index in [1.165, 1.54) is 0 Å². The van der Waals surface area contributed by atoms with Gasteiger partial charge in [0.05, 0.1) is 16.1 Å². The van der Waals surface area contributed by atoms with E-state index in [0.717, 1.165) is 6.20 Å². The Balaban J connectivity index is 3.46. The number of hydrogen-bond donors (Lipinski definition) is 0. The van der Waals surface area contributed by atoms with Crippen molar-refractivity contribution in [2.75, 3.05) is 0 Å². The van der Waals surface area contributed by atoms with Crippen LogP contribution in [-0.4, -0.2) is 4.98 Å². The fourth-order valence-electron chi connectivity index (χ4n) is 0.798. The van der Waals surface area contributed by atoms with Gasteiger partial charge in [-0.2, -0.15) is 5.26 Å². The summed E-state index contributed by atoms with van der Waals surface area (Å²) in [5.74, 6) is 0. The van der Waals surface area contributed by atoms with Crippen LogP contribution in [0.5, 0.6) is 0 Å². The number of nitriles is 1. The van der Waals surface area contributed by atoms with Crippen LogP contribution in [0, 0.1) is 15.0 Å². The lowest BCUT2D eigenvalue weighted by Crippen LogP contribution is -1.97. The van der Waals surface area contributed by atoms with Gasteiger partial charge in [0.1, 0.15) is 9.77 Å². The van der Waals surface area contributed by atoms with Gasteiger partial charge in [0.25, 0.3) is 6.43 Å². The van der Waals surface area contributed by atoms with Gasteiger partial charge in [-0.3, -0.25) is 0 Å². The summed E-state index contributed by atoms with van der Waals surface area (Å²) < 4.78 is 25.0. The van der Waals surface area contributed by atoms with Crippen molar-refractivity contribution in [2.24, 2.45) is 0 Å². The van der Waals surface area contributed by atoms with Crippen LogP contribution < -0.4 is 0 Å². The summed E-state index contributed by atoms with van der Waals surface area (Å²) in [7, 11) is 0. The first kappa shape index (κ1) is 10.6. The van der Waals surface area contributed by atoms with E-state index in [-0.39, 0.29) is 14.3 Å². The predicted octanol–water partition coefficient (Wildman–Crippen LogP) is 3.15. The van der Waals surface area contributed by atoms with Gasteiger partial charge in [-0.25, -0.2) is 13.8 Å². The minimum Gasteiger partial charge on any atom is -0.247 e. The number of halogens is 4. The van der Waals surface area contributed by atoms with Crippen molar-refractivity contribution in [3.8, 4) is 6.07 Å². The van der Waals surface area contributed by atoms with Gasteiger partial charge in [-0.05, 0) is 22.6 Å². The van der Waals surface area contributed by atoms with Crippen molar-refractivity contribution >= 4 is 34.2 Å². The van der Waals surface area contributed by atoms with Crippen LogP contribution in [0.2, 0.25) is 5.02 Å². The fourth-order valence-corrected chi connectivity index (χ4v) is 1.57. The van der Waals surface area contributed by atoms with Crippen LogP contribution in [0.1, 0.15) is 17.6 Å². The van der Waals surface area contributed by atoms with Crippen molar-refractivity contribution in [3.05, 3.63) is 26.0 Å². The first-order valence-corrected chi connectivity index (χ1v) is 4.55. The molecule has 0 atom stereocenters. The Morgan fingerprint density at radius 2 is 2.23 bits per heavy atom. The maximum atomic E-state index is 12.4. The van der Waals surface area contributed by atoms with Crippen LogP contribution in [0.4, 0.5) is 8.78 Å². The molecule has 0 saturated heterocycles. The van der Waals surface area contributed by atoms with Gasteiger partial charge in [-0.1, -0.05) is 11.6 Å². The molecule has 0 aromatic carbocycles. The zero-order valence-corrected chi connectivity index (χ0v) is 8.97. The second kappa shape index (κ2) is 4.15. The van der Waals surface area contributed by atoms with Crippen molar-refractivity contribution in [2.45, 2.75) is 6.43 Å². The van der Waals surface area contributed by atoms with Crippen molar-refractivity contribution in [3.63, 3.8) is 0 Å². The molecule has 0 spiro atoms. The summed E-state index contributed by atoms with van der Waals surface area (Å²) in [6.45, 7) is 0. The number of aromatic nitrogens is 1. The van der Waals surface area contributed by atoms with E-state index in [4.69, 9.17) is 16.9 Å². The number of nitrogens with zero attached hydrogens (tertiary/aromatic N) is 2. The predicted molar refractivity (Wildman–Crippen MR) is 51.6 cm³/mol. The molecule has 1 aromatic heterocycles. The average Bonchev–Trinajstić information content (AvgIpc) is 2.07. The Kier molecular flexibility index (Phi) is 3.39. The quantitative estimate of drug-likeness (QED) is 0.590. The molecule has 0 unspecified atom stereocenters. The third-order valence-electron chi connectivity index (χ3n) is 1.35. The molecule has 0 bridgehead atoms. The standard InChI is InChI=1S/C7H2ClF2IN2/c8-4-2-13-7(11)3(1-12)5(4)6(9)10/h2,6H. The van der Waals surface area contributed by atoms with Crippen molar-refractivity contribution < 1.29 is 8.78 Å². The topological polar surface area (TPSA) is 36.7 Å². The zero-order chi connectivity index (χ0) is 10.0. The molecule has 0 N–H and O–H groups in total. The Morgan fingerprint density at radius 1 is 1.62 bits per heavy atom. The first-order valence-electron chi connectivity index (χ1n) is 3.10. The molecule has 6 heteroatoms. The summed E-state index contributed by atoms with van der Waals surface area (Å²) >= 11 is 7.19. The first-order chi connectivity index (χ1) is 6.07. The molecular weight excluding hydrogens is 312 g/mol. The molecule has 68 valence electrons. The largest absolute Gasteiger partial charge is 0.266 e. The van der Waals surface area contributed by atoms with E-state index in [1.807, 2.05) is 0 Å². The molecule has 1 rings (SSSR count). The number of rotatable bonds is 1. The van der Waals surface area contributed by atoms with Crippen LogP contribution >= 0.6 is 34.2 Å². The Bertz CT molecular complexity index is 375. The molecule has 2 nitrogen and oxygen atoms in total. The van der Waals surface area contributed by atoms with E-state index in [0.29, 0.717) is 0 Å². The van der Waals surface area contributed by atoms with E-state index in [1.54, 1.807) is 28.7 Å². The van der Waals surface area contributed by atoms with Gasteiger partial charge in [0.15, 0.2) is 0 Å². The fraction of sp³-hybridized carbons (Fsp3) is 0.143. The average molecular weight is 314 g/mol. The normalized spacial score (nSPS) is 10.2. The third kappa shape index (κ3) is 2.06. The molecule has 1 aromatic rings. The van der Waals surface area contributed by atoms with E-state index in [9.17, 15) is 8.78 Å². The molecular formula is C7H2ClF2IN2. The Labute approximate surface area is 91.7 Å². The van der Waals surface area contributed by atoms with Gasteiger partial charge < -0.3 is 0 Å². The lowest BCUT2D eigenvalue weighted by molar-refractivity contribution is 0.151. The lowest BCUT2D eigenvalue weighted by Gasteiger charge is -2.05. The molecule has 0 aliphatic carbocycles. The van der Waals surface area contributed by atoms with Crippen molar-refractivity contribution in [1.29, 1.82) is 5.26 Å². The van der Waals surface area contributed by atoms with E-state index >= 15 is 0 Å². The summed E-state index contributed by atoms with van der Waals surface area (Å²) in [4.78, 5) is 3.69. The smallest absolute Gasteiger partial charge is 0.247 e. The third-order valence-corrected chi connectivity index (χ3v) is 2.47. The molecule has 0 amide bonds. The monoisotopic (exact) mass is 314 g/mol. The highest BCUT2D eigenvalue weighted by Gasteiger charge is 2.20. The summed E-state index contributed by atoms with van der Waals surface area (Å²) in [6, 6.07) is 1.65. The maximum Gasteiger partial charge on any atom is 0.266 e. The van der Waals surface area contributed by atoms with Crippen LogP contribution in [0.15, 0.2) is 6.20 Å². The Hall–Kier alpha value is -0.480. The molecule has 0 radical (unpaired) electrons. The molecule has 13 heavy (non-hydrogen) atoms. The van der Waals surface area contributed by atoms with Crippen LogP contribution in [-0.2, 0) is 0 Å². The van der Waals surface area contributed by atoms with E-state index < -0.39 is 12.0 Å². The molecule has 0 fully saturated rings. The van der Waals surface area contributed by atoms with Crippen LogP contribution in [0.25, 0.3) is 0 Å². The number of pyridine rings is 1. The van der Waals surface area contributed by atoms with Crippen molar-refractivity contribution in [1.82, 2.24) is 4.98 Å². The second-order valence-electron chi connectivity index (χ2n) is 2.10. The minimum absolute atomic E-state index is 0.150. The second-order valence-corrected chi connectivity index (χ2v) is 3.53. The number of hydrogen-bond acceptors (Lipinski definition) is 2. The summed E-state index contributed by atoms with van der Waals surface area (Å²) in [6.07, 6.45) is -1.63. The highest BCUT2D eigenvalue weighted by Crippen LogP contribution is 2.31. The zero-order valence-electron chi connectivity index (χ0n) is 6.06. The van der Waals surface area contributed by atoms with Crippen LogP contribution in [0.3, 0.4) is 0 Å². The number of alkyl halides is 2. The summed E-state index contributed by atoms with van der Waals surface area (Å²) in [5, 5.41) is 8.41. The molecule has 0 aliphatic rings. The molecule has 0 aliphatic heterocycles. The maximum absolute atomic E-state index is 12.4.